The van der Waals surface area contributed by atoms with Gasteiger partial charge in [-0.2, -0.15) is 0 Å². The molecule has 1 atom stereocenters. The summed E-state index contributed by atoms with van der Waals surface area (Å²) in [5, 5.41) is -1.06. The lowest BCUT2D eigenvalue weighted by Crippen LogP contribution is -2.25. The van der Waals surface area contributed by atoms with Crippen LogP contribution in [-0.2, 0) is 19.7 Å². The summed E-state index contributed by atoms with van der Waals surface area (Å²) >= 11 is 0. The van der Waals surface area contributed by atoms with E-state index in [0.29, 0.717) is 0 Å². The molecule has 0 aromatic carbocycles. The lowest BCUT2D eigenvalue weighted by atomic mass is 10.6. The highest BCUT2D eigenvalue weighted by molar-refractivity contribution is 7.94. The van der Waals surface area contributed by atoms with Gasteiger partial charge in [0.2, 0.25) is 0 Å². The largest absolute Gasteiger partial charge is 0.229 e. The van der Waals surface area contributed by atoms with Gasteiger partial charge in [-0.05, 0) is 6.92 Å². The Hall–Kier alpha value is -0.100. The van der Waals surface area contributed by atoms with Crippen molar-refractivity contribution in [3.05, 3.63) is 6.92 Å². The molecule has 0 heterocycles. The first-order valence-electron chi connectivity index (χ1n) is 2.82. The molecule has 0 rings (SSSR count). The second-order valence-corrected chi connectivity index (χ2v) is 7.05. The van der Waals surface area contributed by atoms with Crippen LogP contribution in [0.3, 0.4) is 0 Å². The normalized spacial score (nSPS) is 16.3. The summed E-state index contributed by atoms with van der Waals surface area (Å²) in [6, 6.07) is 0. The Morgan fingerprint density at radius 3 is 1.64 bits per heavy atom. The van der Waals surface area contributed by atoms with E-state index in [0.717, 1.165) is 12.5 Å². The predicted octanol–water partition coefficient (Wildman–Crippen LogP) is -0.722. The van der Waals surface area contributed by atoms with Crippen LogP contribution in [0.4, 0.5) is 0 Å². The maximum atomic E-state index is 10.7. The highest BCUT2D eigenvalue weighted by atomic mass is 32.2. The van der Waals surface area contributed by atoms with Crippen LogP contribution in [0.15, 0.2) is 0 Å². The number of hydrogen-bond acceptors (Lipinski definition) is 4. The van der Waals surface area contributed by atoms with Gasteiger partial charge in [-0.15, -0.1) is 0 Å². The van der Waals surface area contributed by atoms with Crippen molar-refractivity contribution in [2.24, 2.45) is 0 Å². The standard InChI is InChI=1S/C5H11O4S2/c1-5(11(3,8)9)4-10(2,6)7/h5H,1,4H2,2-3H3. The van der Waals surface area contributed by atoms with E-state index < -0.39 is 30.7 Å². The fourth-order valence-electron chi connectivity index (χ4n) is 0.461. The molecule has 0 aromatic heterocycles. The van der Waals surface area contributed by atoms with E-state index in [-0.39, 0.29) is 0 Å². The average Bonchev–Trinajstić information content (AvgIpc) is 1.56. The monoisotopic (exact) mass is 199 g/mol. The van der Waals surface area contributed by atoms with Crippen LogP contribution in [0.25, 0.3) is 0 Å². The molecule has 11 heavy (non-hydrogen) atoms. The third-order valence-corrected chi connectivity index (χ3v) is 3.69. The van der Waals surface area contributed by atoms with Crippen LogP contribution < -0.4 is 0 Å². The minimum atomic E-state index is -3.33. The Labute approximate surface area is 67.4 Å². The molecule has 67 valence electrons. The lowest BCUT2D eigenvalue weighted by Gasteiger charge is -2.05. The summed E-state index contributed by atoms with van der Waals surface area (Å²) in [5.74, 6) is -0.411. The van der Waals surface area contributed by atoms with Gasteiger partial charge in [0.25, 0.3) is 0 Å². The molecule has 0 saturated heterocycles. The Morgan fingerprint density at radius 1 is 1.18 bits per heavy atom. The second kappa shape index (κ2) is 3.10. The highest BCUT2D eigenvalue weighted by Gasteiger charge is 2.19. The quantitative estimate of drug-likeness (QED) is 0.601. The summed E-state index contributed by atoms with van der Waals surface area (Å²) in [7, 11) is -6.57. The number of sulfone groups is 2. The molecule has 1 radical (unpaired) electrons. The zero-order chi connectivity index (χ0) is 9.28. The summed E-state index contributed by atoms with van der Waals surface area (Å²) in [6.07, 6.45) is 1.95. The molecule has 0 bridgehead atoms. The molecule has 0 aliphatic heterocycles. The van der Waals surface area contributed by atoms with Crippen molar-refractivity contribution < 1.29 is 16.8 Å². The van der Waals surface area contributed by atoms with Gasteiger partial charge < -0.3 is 0 Å². The first-order valence-corrected chi connectivity index (χ1v) is 6.84. The topological polar surface area (TPSA) is 68.3 Å². The van der Waals surface area contributed by atoms with Crippen molar-refractivity contribution in [1.82, 2.24) is 0 Å². The molecule has 0 fully saturated rings. The van der Waals surface area contributed by atoms with Gasteiger partial charge >= 0.3 is 0 Å². The van der Waals surface area contributed by atoms with Gasteiger partial charge in [-0.1, -0.05) is 0 Å². The Bertz CT molecular complexity index is 310. The van der Waals surface area contributed by atoms with Crippen molar-refractivity contribution in [3.63, 3.8) is 0 Å². The molecule has 4 nitrogen and oxygen atoms in total. The van der Waals surface area contributed by atoms with Crippen LogP contribution in [0.5, 0.6) is 0 Å². The van der Waals surface area contributed by atoms with Crippen molar-refractivity contribution in [3.8, 4) is 0 Å². The molecule has 0 amide bonds. The maximum absolute atomic E-state index is 10.7. The molecule has 0 aliphatic carbocycles. The van der Waals surface area contributed by atoms with Crippen molar-refractivity contribution in [1.29, 1.82) is 0 Å². The van der Waals surface area contributed by atoms with Crippen LogP contribution in [0, 0.1) is 6.92 Å². The molecule has 0 aromatic rings. The predicted molar refractivity (Wildman–Crippen MR) is 43.7 cm³/mol. The number of hydrogen-bond donors (Lipinski definition) is 0. The van der Waals surface area contributed by atoms with Crippen molar-refractivity contribution in [2.45, 2.75) is 5.25 Å². The molecule has 0 aliphatic rings. The SMILES string of the molecule is [CH2]C(CS(C)(=O)=O)S(C)(=O)=O. The van der Waals surface area contributed by atoms with E-state index in [4.69, 9.17) is 0 Å². The maximum Gasteiger partial charge on any atom is 0.151 e. The first-order chi connectivity index (χ1) is 4.63. The Kier molecular flexibility index (Phi) is 3.07. The van der Waals surface area contributed by atoms with Crippen LogP contribution in [-0.4, -0.2) is 40.3 Å². The lowest BCUT2D eigenvalue weighted by molar-refractivity contribution is 0.587. The molecular weight excluding hydrogens is 188 g/mol. The fourth-order valence-corrected chi connectivity index (χ4v) is 2.87. The zero-order valence-corrected chi connectivity index (χ0v) is 8.07. The van der Waals surface area contributed by atoms with E-state index in [9.17, 15) is 16.8 Å². The van der Waals surface area contributed by atoms with Crippen LogP contribution in [0.1, 0.15) is 0 Å². The van der Waals surface area contributed by atoms with Gasteiger partial charge in [0.1, 0.15) is 9.84 Å². The zero-order valence-electron chi connectivity index (χ0n) is 6.44. The summed E-state index contributed by atoms with van der Waals surface area (Å²) < 4.78 is 42.5. The second-order valence-electron chi connectivity index (χ2n) is 2.54. The smallest absolute Gasteiger partial charge is 0.151 e. The molecule has 0 saturated carbocycles. The molecule has 0 spiro atoms. The van der Waals surface area contributed by atoms with E-state index in [1.807, 2.05) is 0 Å². The van der Waals surface area contributed by atoms with Crippen molar-refractivity contribution >= 4 is 19.7 Å². The van der Waals surface area contributed by atoms with Gasteiger partial charge in [0, 0.05) is 12.5 Å². The summed E-state index contributed by atoms with van der Waals surface area (Å²) in [4.78, 5) is 0. The summed E-state index contributed by atoms with van der Waals surface area (Å²) in [6.45, 7) is 3.23. The van der Waals surface area contributed by atoms with E-state index in [2.05, 4.69) is 6.92 Å². The average molecular weight is 199 g/mol. The summed E-state index contributed by atoms with van der Waals surface area (Å²) in [5.41, 5.74) is 0. The molecule has 0 N–H and O–H groups in total. The van der Waals surface area contributed by atoms with E-state index >= 15 is 0 Å². The molecular formula is C5H11O4S2. The van der Waals surface area contributed by atoms with Gasteiger partial charge in [-0.25, -0.2) is 16.8 Å². The first kappa shape index (κ1) is 10.9. The van der Waals surface area contributed by atoms with E-state index in [1.54, 1.807) is 0 Å². The van der Waals surface area contributed by atoms with Crippen LogP contribution in [0.2, 0.25) is 0 Å². The third-order valence-electron chi connectivity index (χ3n) is 1.09. The molecule has 1 unspecified atom stereocenters. The minimum Gasteiger partial charge on any atom is -0.229 e. The number of rotatable bonds is 3. The molecule has 6 heteroatoms. The minimum absolute atomic E-state index is 0.411. The Morgan fingerprint density at radius 2 is 1.55 bits per heavy atom. The van der Waals surface area contributed by atoms with Gasteiger partial charge in [0.05, 0.1) is 11.0 Å². The Balaban J connectivity index is 4.47. The van der Waals surface area contributed by atoms with Crippen LogP contribution >= 0.6 is 0 Å². The van der Waals surface area contributed by atoms with E-state index in [1.165, 1.54) is 0 Å². The highest BCUT2D eigenvalue weighted by Crippen LogP contribution is 2.00. The van der Waals surface area contributed by atoms with Gasteiger partial charge in [0.15, 0.2) is 9.84 Å². The fraction of sp³-hybridized carbons (Fsp3) is 0.800. The van der Waals surface area contributed by atoms with Crippen molar-refractivity contribution in [2.75, 3.05) is 18.3 Å². The third kappa shape index (κ3) is 5.20. The van der Waals surface area contributed by atoms with Gasteiger partial charge in [-0.3, -0.25) is 0 Å².